The lowest BCUT2D eigenvalue weighted by molar-refractivity contribution is -0.0985. The molecule has 218 valence electrons. The molecular formula is C33H46N2O5. The summed E-state index contributed by atoms with van der Waals surface area (Å²) in [4.78, 5) is 15.5. The van der Waals surface area contributed by atoms with Crippen LogP contribution in [0, 0.1) is 22.7 Å². The summed E-state index contributed by atoms with van der Waals surface area (Å²) in [5, 5.41) is 25.8. The van der Waals surface area contributed by atoms with Gasteiger partial charge in [-0.25, -0.2) is 4.79 Å². The van der Waals surface area contributed by atoms with Crippen LogP contribution < -0.4 is 10.1 Å². The first-order chi connectivity index (χ1) is 19.1. The van der Waals surface area contributed by atoms with Gasteiger partial charge in [0, 0.05) is 24.3 Å². The lowest BCUT2D eigenvalue weighted by atomic mass is 9.50. The van der Waals surface area contributed by atoms with E-state index in [-0.39, 0.29) is 29.1 Å². The number of methoxy groups -OCH3 is 1. The van der Waals surface area contributed by atoms with Crippen LogP contribution in [0.4, 0.5) is 10.5 Å². The van der Waals surface area contributed by atoms with Crippen LogP contribution in [0.2, 0.25) is 0 Å². The van der Waals surface area contributed by atoms with Crippen molar-refractivity contribution < 1.29 is 24.5 Å². The van der Waals surface area contributed by atoms with Crippen molar-refractivity contribution in [3.8, 4) is 5.75 Å². The van der Waals surface area contributed by atoms with Gasteiger partial charge in [-0.2, -0.15) is 0 Å². The van der Waals surface area contributed by atoms with E-state index in [0.717, 1.165) is 63.7 Å². The normalized spacial score (nSPS) is 38.4. The van der Waals surface area contributed by atoms with Gasteiger partial charge in [-0.3, -0.25) is 0 Å². The monoisotopic (exact) mass is 550 g/mol. The molecule has 0 radical (unpaired) electrons. The van der Waals surface area contributed by atoms with Gasteiger partial charge in [0.2, 0.25) is 0 Å². The van der Waals surface area contributed by atoms with Gasteiger partial charge in [0.15, 0.2) is 0 Å². The van der Waals surface area contributed by atoms with E-state index in [1.807, 2.05) is 24.3 Å². The minimum Gasteiger partial charge on any atom is -0.497 e. The van der Waals surface area contributed by atoms with Crippen molar-refractivity contribution in [2.24, 2.45) is 22.7 Å². The molecule has 1 aromatic carbocycles. The average molecular weight is 551 g/mol. The fourth-order valence-electron chi connectivity index (χ4n) is 8.80. The molecule has 2 amide bonds. The third-order valence-corrected chi connectivity index (χ3v) is 11.4. The maximum Gasteiger partial charge on any atom is 0.322 e. The number of anilines is 1. The van der Waals surface area contributed by atoms with Gasteiger partial charge in [0.05, 0.1) is 31.5 Å². The highest BCUT2D eigenvalue weighted by Gasteiger charge is 2.62. The van der Waals surface area contributed by atoms with E-state index in [4.69, 9.17) is 9.47 Å². The molecule has 3 N–H and O–H groups in total. The minimum atomic E-state index is -0.979. The zero-order chi connectivity index (χ0) is 28.1. The Morgan fingerprint density at radius 3 is 2.58 bits per heavy atom. The molecule has 3 saturated carbocycles. The molecule has 5 aliphatic rings. The number of fused-ring (bicyclic) bond motifs is 5. The highest BCUT2D eigenvalue weighted by molar-refractivity contribution is 5.89. The average Bonchev–Trinajstić information content (AvgIpc) is 3.55. The van der Waals surface area contributed by atoms with Crippen LogP contribution in [0.25, 0.3) is 0 Å². The molecule has 0 bridgehead atoms. The van der Waals surface area contributed by atoms with E-state index in [0.29, 0.717) is 37.0 Å². The molecule has 7 unspecified atom stereocenters. The van der Waals surface area contributed by atoms with Crippen LogP contribution >= 0.6 is 0 Å². The number of carbonyl (C=O) groups excluding carboxylic acids is 1. The SMILES string of the molecule is COc1ccc(NC(=O)N(CC2CCCO2)CC2(O)CCC3C4=CC=C5CC(O)CCC5(C)C4CCC32C)cc1. The minimum absolute atomic E-state index is 0.00262. The third-order valence-electron chi connectivity index (χ3n) is 11.4. The van der Waals surface area contributed by atoms with Gasteiger partial charge in [-0.15, -0.1) is 0 Å². The van der Waals surface area contributed by atoms with Crippen molar-refractivity contribution >= 4 is 11.7 Å². The number of carbonyl (C=O) groups is 1. The molecule has 1 heterocycles. The summed E-state index contributed by atoms with van der Waals surface area (Å²) in [6, 6.07) is 7.14. The summed E-state index contributed by atoms with van der Waals surface area (Å²) in [6.45, 7) is 6.16. The first kappa shape index (κ1) is 27.8. The number of hydrogen-bond donors (Lipinski definition) is 3. The molecule has 4 aliphatic carbocycles. The van der Waals surface area contributed by atoms with Crippen molar-refractivity contribution in [2.75, 3.05) is 32.1 Å². The van der Waals surface area contributed by atoms with Crippen molar-refractivity contribution in [1.29, 1.82) is 0 Å². The Morgan fingerprint density at radius 2 is 1.85 bits per heavy atom. The van der Waals surface area contributed by atoms with Crippen LogP contribution in [-0.2, 0) is 4.74 Å². The molecule has 6 rings (SSSR count). The summed E-state index contributed by atoms with van der Waals surface area (Å²) < 4.78 is 11.2. The molecular weight excluding hydrogens is 504 g/mol. The summed E-state index contributed by atoms with van der Waals surface area (Å²) in [5.41, 5.74) is 2.41. The van der Waals surface area contributed by atoms with E-state index in [2.05, 4.69) is 31.3 Å². The van der Waals surface area contributed by atoms with Crippen LogP contribution in [0.15, 0.2) is 47.6 Å². The van der Waals surface area contributed by atoms with Gasteiger partial charge in [-0.05, 0) is 99.3 Å². The number of rotatable bonds is 6. The van der Waals surface area contributed by atoms with Gasteiger partial charge in [0.1, 0.15) is 5.75 Å². The second kappa shape index (κ2) is 10.5. The van der Waals surface area contributed by atoms with E-state index in [1.165, 1.54) is 11.1 Å². The maximum atomic E-state index is 13.7. The van der Waals surface area contributed by atoms with E-state index in [1.54, 1.807) is 12.0 Å². The largest absolute Gasteiger partial charge is 0.497 e. The molecule has 7 atom stereocenters. The molecule has 0 spiro atoms. The maximum absolute atomic E-state index is 13.7. The lowest BCUT2D eigenvalue weighted by Crippen LogP contribution is -2.58. The van der Waals surface area contributed by atoms with Gasteiger partial charge in [-0.1, -0.05) is 37.1 Å². The quantitative estimate of drug-likeness (QED) is 0.424. The van der Waals surface area contributed by atoms with Crippen molar-refractivity contribution in [3.63, 3.8) is 0 Å². The molecule has 1 saturated heterocycles. The predicted molar refractivity (Wildman–Crippen MR) is 155 cm³/mol. The highest BCUT2D eigenvalue weighted by Crippen LogP contribution is 2.66. The third kappa shape index (κ3) is 4.68. The van der Waals surface area contributed by atoms with Gasteiger partial charge in [0.25, 0.3) is 0 Å². The zero-order valence-electron chi connectivity index (χ0n) is 24.3. The number of aliphatic hydroxyl groups excluding tert-OH is 1. The van der Waals surface area contributed by atoms with Crippen LogP contribution in [0.1, 0.15) is 71.6 Å². The molecule has 0 aromatic heterocycles. The number of nitrogens with one attached hydrogen (secondary N) is 1. The highest BCUT2D eigenvalue weighted by atomic mass is 16.5. The van der Waals surface area contributed by atoms with E-state index in [9.17, 15) is 15.0 Å². The number of ether oxygens (including phenoxy) is 2. The number of nitrogens with zero attached hydrogens (tertiary/aromatic N) is 1. The molecule has 4 fully saturated rings. The number of hydrogen-bond acceptors (Lipinski definition) is 5. The first-order valence-electron chi connectivity index (χ1n) is 15.3. The molecule has 7 nitrogen and oxygen atoms in total. The van der Waals surface area contributed by atoms with E-state index >= 15 is 0 Å². The second-order valence-electron chi connectivity index (χ2n) is 13.5. The fraction of sp³-hybridized carbons (Fsp3) is 0.667. The topological polar surface area (TPSA) is 91.3 Å². The Bertz CT molecular complexity index is 1170. The Labute approximate surface area is 238 Å². The van der Waals surface area contributed by atoms with E-state index < -0.39 is 5.60 Å². The summed E-state index contributed by atoms with van der Waals surface area (Å²) >= 11 is 0. The predicted octanol–water partition coefficient (Wildman–Crippen LogP) is 5.68. The molecule has 40 heavy (non-hydrogen) atoms. The second-order valence-corrected chi connectivity index (χ2v) is 13.5. The zero-order valence-corrected chi connectivity index (χ0v) is 24.3. The summed E-state index contributed by atoms with van der Waals surface area (Å²) in [6.07, 6.45) is 12.6. The number of allylic oxidation sites excluding steroid dienone is 3. The molecule has 7 heteroatoms. The summed E-state index contributed by atoms with van der Waals surface area (Å²) in [5.74, 6) is 1.51. The number of benzene rings is 1. The Morgan fingerprint density at radius 1 is 1.07 bits per heavy atom. The number of amides is 2. The number of aliphatic hydroxyl groups is 2. The van der Waals surface area contributed by atoms with Crippen molar-refractivity contribution in [1.82, 2.24) is 4.90 Å². The first-order valence-corrected chi connectivity index (χ1v) is 15.3. The van der Waals surface area contributed by atoms with Gasteiger partial charge >= 0.3 is 6.03 Å². The molecule has 1 aromatic rings. The van der Waals surface area contributed by atoms with Crippen LogP contribution in [-0.4, -0.2) is 65.8 Å². The Kier molecular flexibility index (Phi) is 7.29. The van der Waals surface area contributed by atoms with Crippen LogP contribution in [0.5, 0.6) is 5.75 Å². The summed E-state index contributed by atoms with van der Waals surface area (Å²) in [7, 11) is 1.62. The van der Waals surface area contributed by atoms with Crippen LogP contribution in [0.3, 0.4) is 0 Å². The Balaban J connectivity index is 1.24. The smallest absolute Gasteiger partial charge is 0.322 e. The van der Waals surface area contributed by atoms with Crippen molar-refractivity contribution in [2.45, 2.75) is 89.4 Å². The lowest BCUT2D eigenvalue weighted by Gasteiger charge is -2.56. The number of urea groups is 1. The fourth-order valence-corrected chi connectivity index (χ4v) is 8.80. The van der Waals surface area contributed by atoms with Gasteiger partial charge < -0.3 is 29.9 Å². The van der Waals surface area contributed by atoms with Crippen molar-refractivity contribution in [3.05, 3.63) is 47.6 Å². The Hall–Kier alpha value is -2.35. The molecule has 1 aliphatic heterocycles. The standard InChI is InChI=1S/C33H46N2O5/c1-31-15-12-24(36)19-22(31)6-11-27-28(31)13-16-32(2)29(27)14-17-33(32,38)21-35(20-26-5-4-18-40-26)30(37)34-23-7-9-25(39-3)10-8-23/h6-11,24,26,28-29,36,38H,4-5,12-21H2,1-3H3,(H,34,37).